The number of aromatic amines is 1. The summed E-state index contributed by atoms with van der Waals surface area (Å²) in [5.74, 6) is 0.551. The molecule has 0 amide bonds. The van der Waals surface area contributed by atoms with Crippen LogP contribution in [-0.4, -0.2) is 19.5 Å². The molecule has 3 aromatic carbocycles. The number of benzene rings is 3. The van der Waals surface area contributed by atoms with E-state index in [2.05, 4.69) is 4.98 Å². The Labute approximate surface area is 186 Å². The van der Waals surface area contributed by atoms with Crippen molar-refractivity contribution in [3.05, 3.63) is 94.8 Å². The largest absolute Gasteiger partial charge is 0.493 e. The Morgan fingerprint density at radius 1 is 0.909 bits per heavy atom. The van der Waals surface area contributed by atoms with E-state index in [1.165, 1.54) is 0 Å². The van der Waals surface area contributed by atoms with Crippen LogP contribution in [0.3, 0.4) is 0 Å². The van der Waals surface area contributed by atoms with E-state index in [9.17, 15) is 9.90 Å². The summed E-state index contributed by atoms with van der Waals surface area (Å²) in [6.07, 6.45) is 0. The van der Waals surface area contributed by atoms with Crippen LogP contribution in [0.5, 0.6) is 11.6 Å². The zero-order chi connectivity index (χ0) is 22.1. The number of hydrogen-bond donors (Lipinski definition) is 2. The highest BCUT2D eigenvalue weighted by atomic mass is 16.5. The summed E-state index contributed by atoms with van der Waals surface area (Å²) in [6, 6.07) is 25.7. The lowest BCUT2D eigenvalue weighted by atomic mass is 10.1. The van der Waals surface area contributed by atoms with Crippen molar-refractivity contribution in [3.8, 4) is 11.6 Å². The minimum atomic E-state index is -0.336. The molecule has 0 saturated heterocycles. The number of pyridine rings is 1. The second-order valence-corrected chi connectivity index (χ2v) is 8.24. The van der Waals surface area contributed by atoms with Crippen LogP contribution in [0.15, 0.2) is 83.7 Å². The molecule has 0 fully saturated rings. The Hall–Kier alpha value is -4.58. The first-order chi connectivity index (χ1) is 16.2. The highest BCUT2D eigenvalue weighted by Gasteiger charge is 2.22. The SMILES string of the molecule is O=c1[nH]c(O)c2c1c1c3cc(OCc4ccccc4)ccc3nc1c1cc3ccccc3n12. The lowest BCUT2D eigenvalue weighted by Crippen LogP contribution is -1.99. The number of nitrogens with one attached hydrogen (secondary N) is 1. The van der Waals surface area contributed by atoms with Crippen LogP contribution in [0.2, 0.25) is 0 Å². The summed E-state index contributed by atoms with van der Waals surface area (Å²) >= 11 is 0. The Balaban J connectivity index is 1.55. The minimum Gasteiger partial charge on any atom is -0.493 e. The van der Waals surface area contributed by atoms with Gasteiger partial charge >= 0.3 is 0 Å². The van der Waals surface area contributed by atoms with E-state index < -0.39 is 0 Å². The smallest absolute Gasteiger partial charge is 0.261 e. The van der Waals surface area contributed by atoms with Gasteiger partial charge in [-0.25, -0.2) is 4.98 Å². The summed E-state index contributed by atoms with van der Waals surface area (Å²) in [5.41, 5.74) is 4.46. The summed E-state index contributed by atoms with van der Waals surface area (Å²) in [7, 11) is 0. The molecule has 0 aliphatic carbocycles. The molecule has 33 heavy (non-hydrogen) atoms. The number of para-hydroxylation sites is 1. The minimum absolute atomic E-state index is 0.144. The van der Waals surface area contributed by atoms with Gasteiger partial charge in [-0.3, -0.25) is 9.78 Å². The van der Waals surface area contributed by atoms with Crippen molar-refractivity contribution in [2.75, 3.05) is 0 Å². The van der Waals surface area contributed by atoms with Gasteiger partial charge in [0.25, 0.3) is 5.56 Å². The van der Waals surface area contributed by atoms with Crippen LogP contribution in [0, 0.1) is 0 Å². The number of rotatable bonds is 3. The summed E-state index contributed by atoms with van der Waals surface area (Å²) < 4.78 is 7.95. The van der Waals surface area contributed by atoms with Crippen molar-refractivity contribution in [3.63, 3.8) is 0 Å². The Kier molecular flexibility index (Phi) is 3.53. The molecule has 0 saturated carbocycles. The van der Waals surface area contributed by atoms with Crippen LogP contribution in [0.4, 0.5) is 0 Å². The zero-order valence-corrected chi connectivity index (χ0v) is 17.4. The maximum absolute atomic E-state index is 13.0. The first kappa shape index (κ1) is 18.0. The Bertz CT molecular complexity index is 1900. The molecule has 0 bridgehead atoms. The van der Waals surface area contributed by atoms with E-state index in [1.54, 1.807) is 0 Å². The van der Waals surface area contributed by atoms with Crippen molar-refractivity contribution in [2.24, 2.45) is 0 Å². The molecule has 0 atom stereocenters. The molecule has 6 nitrogen and oxygen atoms in total. The Morgan fingerprint density at radius 2 is 1.73 bits per heavy atom. The van der Waals surface area contributed by atoms with E-state index in [1.807, 2.05) is 83.3 Å². The van der Waals surface area contributed by atoms with Crippen molar-refractivity contribution < 1.29 is 9.84 Å². The molecule has 158 valence electrons. The second kappa shape index (κ2) is 6.46. The second-order valence-electron chi connectivity index (χ2n) is 8.24. The van der Waals surface area contributed by atoms with E-state index in [-0.39, 0.29) is 11.4 Å². The number of H-pyrrole nitrogens is 1. The maximum Gasteiger partial charge on any atom is 0.261 e. The van der Waals surface area contributed by atoms with E-state index >= 15 is 0 Å². The van der Waals surface area contributed by atoms with Crippen LogP contribution < -0.4 is 10.3 Å². The van der Waals surface area contributed by atoms with Gasteiger partial charge in [0.2, 0.25) is 5.88 Å². The first-order valence-corrected chi connectivity index (χ1v) is 10.7. The third-order valence-corrected chi connectivity index (χ3v) is 6.30. The first-order valence-electron chi connectivity index (χ1n) is 10.7. The highest BCUT2D eigenvalue weighted by Crippen LogP contribution is 2.39. The average molecular weight is 431 g/mol. The predicted octanol–water partition coefficient (Wildman–Crippen LogP) is 5.36. The zero-order valence-electron chi connectivity index (χ0n) is 17.4. The standard InChI is InChI=1S/C27H17N3O3/c31-26-23-22-18-13-17(33-14-15-6-2-1-3-7-15)10-11-19(18)28-24(22)21-12-16-8-4-5-9-20(16)30(21)25(23)27(32)29-26/h1-13,32H,14H2,(H,29,31). The molecular weight excluding hydrogens is 414 g/mol. The summed E-state index contributed by atoms with van der Waals surface area (Å²) in [6.45, 7) is 0.444. The molecule has 4 heterocycles. The molecular formula is C27H17N3O3. The molecule has 0 aliphatic rings. The van der Waals surface area contributed by atoms with Gasteiger partial charge < -0.3 is 14.2 Å². The predicted molar refractivity (Wildman–Crippen MR) is 129 cm³/mol. The normalized spacial score (nSPS) is 12.0. The fourth-order valence-electron chi connectivity index (χ4n) is 4.86. The number of aromatic hydroxyl groups is 1. The highest BCUT2D eigenvalue weighted by molar-refractivity contribution is 6.25. The van der Waals surface area contributed by atoms with E-state index in [0.717, 1.165) is 43.8 Å². The van der Waals surface area contributed by atoms with E-state index in [4.69, 9.17) is 9.72 Å². The summed E-state index contributed by atoms with van der Waals surface area (Å²) in [4.78, 5) is 20.4. The van der Waals surface area contributed by atoms with Gasteiger partial charge in [-0.1, -0.05) is 48.5 Å². The average Bonchev–Trinajstić information content (AvgIpc) is 3.49. The maximum atomic E-state index is 13.0. The van der Waals surface area contributed by atoms with Gasteiger partial charge in [0, 0.05) is 16.2 Å². The van der Waals surface area contributed by atoms with Crippen molar-refractivity contribution in [1.82, 2.24) is 14.4 Å². The lowest BCUT2D eigenvalue weighted by molar-refractivity contribution is 0.306. The molecule has 0 unspecified atom stereocenters. The number of nitrogens with zero attached hydrogens (tertiary/aromatic N) is 2. The van der Waals surface area contributed by atoms with Crippen LogP contribution in [0.25, 0.3) is 49.1 Å². The molecule has 0 spiro atoms. The molecule has 7 rings (SSSR count). The number of ether oxygens (including phenoxy) is 1. The lowest BCUT2D eigenvalue weighted by Gasteiger charge is -2.06. The summed E-state index contributed by atoms with van der Waals surface area (Å²) in [5, 5.41) is 13.7. The molecule has 2 N–H and O–H groups in total. The van der Waals surface area contributed by atoms with Gasteiger partial charge in [-0.15, -0.1) is 0 Å². The Morgan fingerprint density at radius 3 is 2.61 bits per heavy atom. The molecule has 7 aromatic rings. The van der Waals surface area contributed by atoms with Gasteiger partial charge in [0.15, 0.2) is 0 Å². The monoisotopic (exact) mass is 431 g/mol. The van der Waals surface area contributed by atoms with Gasteiger partial charge in [0.1, 0.15) is 17.9 Å². The quantitative estimate of drug-likeness (QED) is 0.395. The third kappa shape index (κ3) is 2.49. The molecule has 0 aliphatic heterocycles. The van der Waals surface area contributed by atoms with Crippen LogP contribution >= 0.6 is 0 Å². The topological polar surface area (TPSA) is 79.6 Å². The third-order valence-electron chi connectivity index (χ3n) is 6.30. The number of hydrogen-bond acceptors (Lipinski definition) is 4. The molecule has 0 radical (unpaired) electrons. The van der Waals surface area contributed by atoms with E-state index in [0.29, 0.717) is 23.3 Å². The van der Waals surface area contributed by atoms with Gasteiger partial charge in [-0.2, -0.15) is 0 Å². The number of fused-ring (bicyclic) bond motifs is 10. The van der Waals surface area contributed by atoms with Crippen LogP contribution in [-0.2, 0) is 6.61 Å². The van der Waals surface area contributed by atoms with Crippen molar-refractivity contribution in [2.45, 2.75) is 6.61 Å². The fourth-order valence-corrected chi connectivity index (χ4v) is 4.86. The van der Waals surface area contributed by atoms with Crippen molar-refractivity contribution >= 4 is 49.1 Å². The molecule has 4 aromatic heterocycles. The van der Waals surface area contributed by atoms with Crippen molar-refractivity contribution in [1.29, 1.82) is 0 Å². The van der Waals surface area contributed by atoms with Crippen LogP contribution in [0.1, 0.15) is 5.56 Å². The molecule has 6 heteroatoms. The fraction of sp³-hybridized carbons (Fsp3) is 0.0370. The van der Waals surface area contributed by atoms with Gasteiger partial charge in [0.05, 0.1) is 27.5 Å². The number of aromatic nitrogens is 3. The van der Waals surface area contributed by atoms with Gasteiger partial charge in [-0.05, 0) is 35.9 Å².